The number of hydrogen-bond acceptors (Lipinski definition) is 4. The maximum Gasteiger partial charge on any atom is 0.127 e. The summed E-state index contributed by atoms with van der Waals surface area (Å²) in [6, 6.07) is 8.08. The Morgan fingerprint density at radius 3 is 2.05 bits per heavy atom. The van der Waals surface area contributed by atoms with Crippen molar-refractivity contribution in [2.75, 3.05) is 19.0 Å². The van der Waals surface area contributed by atoms with Gasteiger partial charge in [0.1, 0.15) is 29.5 Å². The van der Waals surface area contributed by atoms with Crippen molar-refractivity contribution < 1.29 is 14.6 Å². The van der Waals surface area contributed by atoms with E-state index >= 15 is 0 Å². The van der Waals surface area contributed by atoms with Gasteiger partial charge in [0.2, 0.25) is 0 Å². The summed E-state index contributed by atoms with van der Waals surface area (Å²) in [5.74, 6) is 4.59. The average molecular weight is 566 g/mol. The van der Waals surface area contributed by atoms with Crippen LogP contribution in [0.2, 0.25) is 0 Å². The zero-order chi connectivity index (χ0) is 30.2. The number of phenolic OH excluding ortho intramolecular Hbond substituents is 1. The van der Waals surface area contributed by atoms with Gasteiger partial charge in [-0.3, -0.25) is 0 Å². The normalized spacial score (nSPS) is 18.1. The molecule has 3 atom stereocenters. The van der Waals surface area contributed by atoms with Crippen LogP contribution >= 0.6 is 0 Å². The lowest BCUT2D eigenvalue weighted by Gasteiger charge is -2.38. The zero-order valence-corrected chi connectivity index (χ0v) is 27.7. The van der Waals surface area contributed by atoms with Crippen LogP contribution in [0.5, 0.6) is 17.2 Å². The van der Waals surface area contributed by atoms with Crippen molar-refractivity contribution in [2.24, 2.45) is 17.8 Å². The van der Waals surface area contributed by atoms with Crippen LogP contribution in [0.1, 0.15) is 121 Å². The highest BCUT2D eigenvalue weighted by Crippen LogP contribution is 2.45. The van der Waals surface area contributed by atoms with Crippen molar-refractivity contribution in [3.8, 4) is 17.2 Å². The molecule has 2 aromatic rings. The smallest absolute Gasteiger partial charge is 0.127 e. The highest BCUT2D eigenvalue weighted by molar-refractivity contribution is 5.59. The standard InChI is InChI=1S/C37H59NO3/c1-26(2)13-10-14-27(3)15-11-16-28(4)17-12-23-37(7)24-22-33-34(35(39)29(5)30(6)36(33)41-37)25-40-32-20-18-31(19-21-32)38(8)9/h18-21,26-28,39H,10-17,22-25H2,1-9H3. The van der Waals surface area contributed by atoms with Crippen molar-refractivity contribution in [1.29, 1.82) is 0 Å². The third-order valence-electron chi connectivity index (χ3n) is 9.45. The van der Waals surface area contributed by atoms with E-state index in [1.807, 2.05) is 33.2 Å². The first-order valence-electron chi connectivity index (χ1n) is 16.3. The molecule has 1 N–H and O–H groups in total. The largest absolute Gasteiger partial charge is 0.507 e. The van der Waals surface area contributed by atoms with Gasteiger partial charge in [0.25, 0.3) is 0 Å². The fourth-order valence-corrected chi connectivity index (χ4v) is 6.30. The Morgan fingerprint density at radius 2 is 1.46 bits per heavy atom. The van der Waals surface area contributed by atoms with Crippen molar-refractivity contribution >= 4 is 5.69 Å². The second-order valence-electron chi connectivity index (χ2n) is 14.0. The van der Waals surface area contributed by atoms with Gasteiger partial charge >= 0.3 is 0 Å². The molecule has 41 heavy (non-hydrogen) atoms. The SMILES string of the molecule is Cc1c(C)c2c(c(COc3ccc(N(C)C)cc3)c1O)CCC(C)(CCCC(C)CCCC(C)CCCC(C)C)O2. The van der Waals surface area contributed by atoms with Gasteiger partial charge in [-0.15, -0.1) is 0 Å². The van der Waals surface area contributed by atoms with Crippen LogP contribution in [0, 0.1) is 31.6 Å². The molecule has 0 saturated heterocycles. The molecule has 0 bridgehead atoms. The monoisotopic (exact) mass is 565 g/mol. The predicted molar refractivity (Wildman–Crippen MR) is 175 cm³/mol. The summed E-state index contributed by atoms with van der Waals surface area (Å²) in [5, 5.41) is 11.1. The highest BCUT2D eigenvalue weighted by atomic mass is 16.5. The number of fused-ring (bicyclic) bond motifs is 1. The molecule has 0 aromatic heterocycles. The molecular formula is C37H59NO3. The molecule has 4 heteroatoms. The first-order chi connectivity index (χ1) is 19.4. The maximum absolute atomic E-state index is 11.1. The Morgan fingerprint density at radius 1 is 0.878 bits per heavy atom. The summed E-state index contributed by atoms with van der Waals surface area (Å²) in [7, 11) is 4.06. The minimum Gasteiger partial charge on any atom is -0.507 e. The van der Waals surface area contributed by atoms with Gasteiger partial charge in [0.15, 0.2) is 0 Å². The average Bonchev–Trinajstić information content (AvgIpc) is 2.92. The van der Waals surface area contributed by atoms with Crippen LogP contribution in [0.4, 0.5) is 5.69 Å². The third kappa shape index (κ3) is 9.58. The van der Waals surface area contributed by atoms with E-state index in [9.17, 15) is 5.11 Å². The fourth-order valence-electron chi connectivity index (χ4n) is 6.30. The van der Waals surface area contributed by atoms with Crippen LogP contribution in [-0.2, 0) is 13.0 Å². The number of anilines is 1. The molecule has 0 saturated carbocycles. The summed E-state index contributed by atoms with van der Waals surface area (Å²) in [4.78, 5) is 2.07. The Kier molecular flexibility index (Phi) is 12.3. The number of phenols is 1. The van der Waals surface area contributed by atoms with Gasteiger partial charge < -0.3 is 19.5 Å². The van der Waals surface area contributed by atoms with E-state index in [2.05, 4.69) is 58.6 Å². The molecule has 0 spiro atoms. The Bertz CT molecular complexity index is 1090. The molecule has 1 aliphatic heterocycles. The minimum absolute atomic E-state index is 0.161. The molecular weight excluding hydrogens is 506 g/mol. The second-order valence-corrected chi connectivity index (χ2v) is 14.0. The van der Waals surface area contributed by atoms with Crippen LogP contribution < -0.4 is 14.4 Å². The molecule has 1 aliphatic rings. The van der Waals surface area contributed by atoms with Crippen LogP contribution in [0.25, 0.3) is 0 Å². The number of ether oxygens (including phenoxy) is 2. The first-order valence-corrected chi connectivity index (χ1v) is 16.3. The molecule has 1 heterocycles. The van der Waals surface area contributed by atoms with Gasteiger partial charge in [-0.25, -0.2) is 0 Å². The van der Waals surface area contributed by atoms with E-state index in [0.29, 0.717) is 12.4 Å². The van der Waals surface area contributed by atoms with E-state index in [0.717, 1.165) is 76.5 Å². The zero-order valence-electron chi connectivity index (χ0n) is 27.7. The molecule has 0 fully saturated rings. The molecule has 0 amide bonds. The highest BCUT2D eigenvalue weighted by Gasteiger charge is 2.35. The van der Waals surface area contributed by atoms with Gasteiger partial charge in [-0.2, -0.15) is 0 Å². The van der Waals surface area contributed by atoms with E-state index < -0.39 is 0 Å². The summed E-state index contributed by atoms with van der Waals surface area (Å²) in [6.07, 6.45) is 13.6. The molecule has 2 aromatic carbocycles. The van der Waals surface area contributed by atoms with Crippen molar-refractivity contribution in [3.63, 3.8) is 0 Å². The summed E-state index contributed by atoms with van der Waals surface area (Å²) >= 11 is 0. The van der Waals surface area contributed by atoms with Gasteiger partial charge in [-0.1, -0.05) is 72.6 Å². The lowest BCUT2D eigenvalue weighted by molar-refractivity contribution is 0.0507. The van der Waals surface area contributed by atoms with Crippen LogP contribution in [0.15, 0.2) is 24.3 Å². The van der Waals surface area contributed by atoms with Crippen LogP contribution in [-0.4, -0.2) is 24.8 Å². The van der Waals surface area contributed by atoms with E-state index in [1.165, 1.54) is 51.4 Å². The second kappa shape index (κ2) is 15.2. The number of aromatic hydroxyl groups is 1. The van der Waals surface area contributed by atoms with E-state index in [4.69, 9.17) is 9.47 Å². The first kappa shape index (κ1) is 33.1. The molecule has 0 radical (unpaired) electrons. The van der Waals surface area contributed by atoms with Gasteiger partial charge in [-0.05, 0) is 99.6 Å². The van der Waals surface area contributed by atoms with E-state index in [-0.39, 0.29) is 5.60 Å². The molecule has 3 unspecified atom stereocenters. The topological polar surface area (TPSA) is 41.9 Å². The van der Waals surface area contributed by atoms with Crippen molar-refractivity contribution in [2.45, 2.75) is 131 Å². The van der Waals surface area contributed by atoms with Crippen LogP contribution in [0.3, 0.4) is 0 Å². The van der Waals surface area contributed by atoms with Crippen molar-refractivity contribution in [1.82, 2.24) is 0 Å². The third-order valence-corrected chi connectivity index (χ3v) is 9.45. The summed E-state index contributed by atoms with van der Waals surface area (Å²) in [6.45, 7) is 16.2. The Labute approximate surface area is 251 Å². The molecule has 4 nitrogen and oxygen atoms in total. The summed E-state index contributed by atoms with van der Waals surface area (Å²) in [5.41, 5.74) is 4.90. The summed E-state index contributed by atoms with van der Waals surface area (Å²) < 4.78 is 13.0. The Balaban J connectivity index is 1.53. The molecule has 230 valence electrons. The lowest BCUT2D eigenvalue weighted by atomic mass is 9.83. The fraction of sp³-hybridized carbons (Fsp3) is 0.676. The predicted octanol–water partition coefficient (Wildman–Crippen LogP) is 10.2. The number of nitrogens with zero attached hydrogens (tertiary/aromatic N) is 1. The molecule has 0 aliphatic carbocycles. The number of benzene rings is 2. The van der Waals surface area contributed by atoms with Gasteiger partial charge in [0, 0.05) is 30.9 Å². The Hall–Kier alpha value is -2.36. The molecule has 3 rings (SSSR count). The van der Waals surface area contributed by atoms with Gasteiger partial charge in [0.05, 0.1) is 0 Å². The number of hydrogen-bond donors (Lipinski definition) is 1. The van der Waals surface area contributed by atoms with E-state index in [1.54, 1.807) is 0 Å². The quantitative estimate of drug-likeness (QED) is 0.220. The maximum atomic E-state index is 11.1. The lowest BCUT2D eigenvalue weighted by Crippen LogP contribution is -2.37. The van der Waals surface area contributed by atoms with Crippen molar-refractivity contribution in [3.05, 3.63) is 46.5 Å². The minimum atomic E-state index is -0.161. The number of rotatable bonds is 16.